The summed E-state index contributed by atoms with van der Waals surface area (Å²) in [4.78, 5) is 15.1. The fourth-order valence-electron chi connectivity index (χ4n) is 4.07. The number of hydrogen-bond acceptors (Lipinski definition) is 5. The van der Waals surface area contributed by atoms with E-state index in [1.54, 1.807) is 12.3 Å². The van der Waals surface area contributed by atoms with Crippen molar-refractivity contribution in [2.75, 3.05) is 18.0 Å². The maximum absolute atomic E-state index is 9.11. The van der Waals surface area contributed by atoms with Gasteiger partial charge in [-0.3, -0.25) is 0 Å². The number of nitrogens with one attached hydrogen (secondary N) is 2. The van der Waals surface area contributed by atoms with Gasteiger partial charge in [-0.25, -0.2) is 9.97 Å². The molecule has 0 amide bonds. The van der Waals surface area contributed by atoms with Crippen molar-refractivity contribution in [3.05, 3.63) is 53.5 Å². The number of fused-ring (bicyclic) bond motifs is 1. The topological polar surface area (TPSA) is 80.6 Å². The lowest BCUT2D eigenvalue weighted by atomic mass is 9.98. The van der Waals surface area contributed by atoms with E-state index in [2.05, 4.69) is 65.2 Å². The monoisotopic (exact) mass is 388 g/mol. The Bertz CT molecular complexity index is 1020. The molecule has 3 aromatic rings. The highest BCUT2D eigenvalue weighted by Gasteiger charge is 2.26. The summed E-state index contributed by atoms with van der Waals surface area (Å²) in [7, 11) is 0. The van der Waals surface area contributed by atoms with Gasteiger partial charge in [0.05, 0.1) is 28.7 Å². The molecule has 3 heterocycles. The Hall–Kier alpha value is -2.91. The minimum Gasteiger partial charge on any atom is -0.356 e. The predicted octanol–water partition coefficient (Wildman–Crippen LogP) is 4.09. The van der Waals surface area contributed by atoms with Gasteiger partial charge in [0.15, 0.2) is 0 Å². The molecule has 0 bridgehead atoms. The van der Waals surface area contributed by atoms with Crippen molar-refractivity contribution < 1.29 is 0 Å². The summed E-state index contributed by atoms with van der Waals surface area (Å²) in [5.74, 6) is 2.35. The molecule has 150 valence electrons. The van der Waals surface area contributed by atoms with Gasteiger partial charge in [0, 0.05) is 25.3 Å². The molecular weight excluding hydrogens is 360 g/mol. The Labute approximate surface area is 172 Å². The Morgan fingerprint density at radius 1 is 1.21 bits per heavy atom. The number of aromatic amines is 1. The molecule has 1 fully saturated rings. The second-order valence-electron chi connectivity index (χ2n) is 8.31. The molecule has 0 radical (unpaired) electrons. The van der Waals surface area contributed by atoms with Gasteiger partial charge in [0.2, 0.25) is 0 Å². The summed E-state index contributed by atoms with van der Waals surface area (Å²) >= 11 is 0. The van der Waals surface area contributed by atoms with E-state index in [1.807, 2.05) is 6.07 Å². The first kappa shape index (κ1) is 19.4. The molecule has 4 rings (SSSR count). The fraction of sp³-hybridized carbons (Fsp3) is 0.435. The van der Waals surface area contributed by atoms with Crippen LogP contribution in [0.4, 0.5) is 5.82 Å². The van der Waals surface area contributed by atoms with Crippen molar-refractivity contribution in [3.63, 3.8) is 0 Å². The van der Waals surface area contributed by atoms with Gasteiger partial charge >= 0.3 is 0 Å². The van der Waals surface area contributed by atoms with E-state index < -0.39 is 0 Å². The van der Waals surface area contributed by atoms with Crippen molar-refractivity contribution in [1.29, 1.82) is 5.26 Å². The second-order valence-corrected chi connectivity index (χ2v) is 8.31. The van der Waals surface area contributed by atoms with Crippen molar-refractivity contribution >= 4 is 16.9 Å². The molecule has 1 aliphatic rings. The largest absolute Gasteiger partial charge is 0.356 e. The van der Waals surface area contributed by atoms with Gasteiger partial charge in [-0.05, 0) is 55.5 Å². The van der Waals surface area contributed by atoms with Crippen molar-refractivity contribution in [3.8, 4) is 6.07 Å². The smallest absolute Gasteiger partial charge is 0.129 e. The Morgan fingerprint density at radius 2 is 2.00 bits per heavy atom. The summed E-state index contributed by atoms with van der Waals surface area (Å²) in [5, 5.41) is 13.0. The zero-order chi connectivity index (χ0) is 20.4. The first-order valence-electron chi connectivity index (χ1n) is 10.4. The number of piperidine rings is 1. The average Bonchev–Trinajstić information content (AvgIpc) is 3.15. The van der Waals surface area contributed by atoms with Gasteiger partial charge < -0.3 is 15.2 Å². The van der Waals surface area contributed by atoms with Crippen LogP contribution in [-0.4, -0.2) is 34.1 Å². The van der Waals surface area contributed by atoms with E-state index in [-0.39, 0.29) is 6.04 Å². The maximum atomic E-state index is 9.11. The minimum atomic E-state index is 0.194. The van der Waals surface area contributed by atoms with Crippen molar-refractivity contribution in [2.24, 2.45) is 5.92 Å². The molecule has 1 saturated heterocycles. The molecule has 6 nitrogen and oxygen atoms in total. The van der Waals surface area contributed by atoms with E-state index in [0.29, 0.717) is 17.5 Å². The first-order valence-corrected chi connectivity index (χ1v) is 10.4. The molecule has 1 aliphatic heterocycles. The lowest BCUT2D eigenvalue weighted by molar-refractivity contribution is 0.312. The third-order valence-corrected chi connectivity index (χ3v) is 5.73. The van der Waals surface area contributed by atoms with E-state index in [1.165, 1.54) is 5.56 Å². The molecule has 2 N–H and O–H groups in total. The number of rotatable bonds is 5. The summed E-state index contributed by atoms with van der Waals surface area (Å²) in [6.07, 6.45) is 3.80. The number of pyridine rings is 1. The summed E-state index contributed by atoms with van der Waals surface area (Å²) < 4.78 is 0. The SMILES string of the molecule is Cc1ccc2nc([C@@H](NC3CCN(c4cc(C#N)ccn4)CC3)C(C)C)[nH]c2c1. The quantitative estimate of drug-likeness (QED) is 0.688. The number of aryl methyl sites for hydroxylation is 1. The molecule has 29 heavy (non-hydrogen) atoms. The average molecular weight is 389 g/mol. The highest BCUT2D eigenvalue weighted by atomic mass is 15.2. The molecule has 2 aromatic heterocycles. The normalized spacial score (nSPS) is 16.3. The van der Waals surface area contributed by atoms with Crippen LogP contribution < -0.4 is 10.2 Å². The molecule has 0 spiro atoms. The molecule has 6 heteroatoms. The molecular formula is C23H28N6. The van der Waals surface area contributed by atoms with Gasteiger partial charge in [-0.15, -0.1) is 0 Å². The zero-order valence-electron chi connectivity index (χ0n) is 17.3. The van der Waals surface area contributed by atoms with E-state index in [9.17, 15) is 0 Å². The number of hydrogen-bond donors (Lipinski definition) is 2. The Balaban J connectivity index is 1.44. The van der Waals surface area contributed by atoms with Crippen LogP contribution in [-0.2, 0) is 0 Å². The number of nitriles is 1. The van der Waals surface area contributed by atoms with Gasteiger partial charge in [-0.2, -0.15) is 5.26 Å². The van der Waals surface area contributed by atoms with Crippen LogP contribution in [0.25, 0.3) is 11.0 Å². The maximum Gasteiger partial charge on any atom is 0.129 e. The third kappa shape index (κ3) is 4.25. The minimum absolute atomic E-state index is 0.194. The highest BCUT2D eigenvalue weighted by molar-refractivity contribution is 5.75. The van der Waals surface area contributed by atoms with Crippen LogP contribution in [0.15, 0.2) is 36.5 Å². The third-order valence-electron chi connectivity index (χ3n) is 5.73. The fourth-order valence-corrected chi connectivity index (χ4v) is 4.07. The molecule has 0 aliphatic carbocycles. The zero-order valence-corrected chi connectivity index (χ0v) is 17.3. The van der Waals surface area contributed by atoms with Crippen LogP contribution in [0, 0.1) is 24.2 Å². The van der Waals surface area contributed by atoms with Crippen LogP contribution >= 0.6 is 0 Å². The number of H-pyrrole nitrogens is 1. The van der Waals surface area contributed by atoms with Crippen LogP contribution in [0.2, 0.25) is 0 Å². The van der Waals surface area contributed by atoms with Crippen LogP contribution in [0.1, 0.15) is 49.7 Å². The molecule has 0 unspecified atom stereocenters. The van der Waals surface area contributed by atoms with Gasteiger partial charge in [0.25, 0.3) is 0 Å². The number of benzene rings is 1. The lowest BCUT2D eigenvalue weighted by Crippen LogP contribution is -2.45. The first-order chi connectivity index (χ1) is 14.0. The lowest BCUT2D eigenvalue weighted by Gasteiger charge is -2.35. The van der Waals surface area contributed by atoms with Gasteiger partial charge in [0.1, 0.15) is 11.6 Å². The van der Waals surface area contributed by atoms with Crippen molar-refractivity contribution in [2.45, 2.75) is 45.7 Å². The highest BCUT2D eigenvalue weighted by Crippen LogP contribution is 2.26. The Kier molecular flexibility index (Phi) is 5.50. The molecule has 0 saturated carbocycles. The van der Waals surface area contributed by atoms with Gasteiger partial charge in [-0.1, -0.05) is 19.9 Å². The number of imidazole rings is 1. The second kappa shape index (κ2) is 8.22. The molecule has 1 aromatic carbocycles. The predicted molar refractivity (Wildman–Crippen MR) is 116 cm³/mol. The number of anilines is 1. The van der Waals surface area contributed by atoms with Crippen LogP contribution in [0.5, 0.6) is 0 Å². The van der Waals surface area contributed by atoms with Crippen LogP contribution in [0.3, 0.4) is 0 Å². The summed E-state index contributed by atoms with van der Waals surface area (Å²) in [5.41, 5.74) is 4.03. The number of nitrogens with zero attached hydrogens (tertiary/aromatic N) is 4. The van der Waals surface area contributed by atoms with E-state index >= 15 is 0 Å². The Morgan fingerprint density at radius 3 is 2.72 bits per heavy atom. The molecule has 1 atom stereocenters. The number of aromatic nitrogens is 3. The summed E-state index contributed by atoms with van der Waals surface area (Å²) in [6.45, 7) is 8.45. The standard InChI is InChI=1S/C23H28N6/c1-15(2)22(23-27-19-5-4-16(3)12-20(19)28-23)26-18-7-10-29(11-8-18)21-13-17(14-24)6-9-25-21/h4-6,9,12-13,15,18,22,26H,7-8,10-11H2,1-3H3,(H,27,28)/t22-/m0/s1. The van der Waals surface area contributed by atoms with E-state index in [4.69, 9.17) is 10.2 Å². The van der Waals surface area contributed by atoms with Crippen molar-refractivity contribution in [1.82, 2.24) is 20.3 Å². The van der Waals surface area contributed by atoms with E-state index in [0.717, 1.165) is 48.6 Å². The summed E-state index contributed by atoms with van der Waals surface area (Å²) in [6, 6.07) is 12.8.